The summed E-state index contributed by atoms with van der Waals surface area (Å²) in [5.41, 5.74) is 2.32. The summed E-state index contributed by atoms with van der Waals surface area (Å²) in [4.78, 5) is 14.0. The van der Waals surface area contributed by atoms with Gasteiger partial charge in [-0.3, -0.25) is 4.79 Å². The summed E-state index contributed by atoms with van der Waals surface area (Å²) in [5.74, 6) is 0.609. The van der Waals surface area contributed by atoms with E-state index in [4.69, 9.17) is 9.47 Å². The number of amides is 1. The maximum Gasteiger partial charge on any atom is 0.274 e. The Hall–Kier alpha value is -2.34. The van der Waals surface area contributed by atoms with Gasteiger partial charge in [-0.25, -0.2) is 4.68 Å². The molecule has 1 aromatic carbocycles. The van der Waals surface area contributed by atoms with Gasteiger partial charge >= 0.3 is 0 Å². The third-order valence-electron chi connectivity index (χ3n) is 3.58. The number of nitrogens with zero attached hydrogens (tertiary/aromatic N) is 3. The van der Waals surface area contributed by atoms with E-state index >= 15 is 0 Å². The normalized spacial score (nSPS) is 10.6. The van der Waals surface area contributed by atoms with Gasteiger partial charge in [0.2, 0.25) is 0 Å². The van der Waals surface area contributed by atoms with Crippen LogP contribution in [0.5, 0.6) is 5.75 Å². The van der Waals surface area contributed by atoms with Crippen molar-refractivity contribution in [1.82, 2.24) is 14.7 Å². The second-order valence-electron chi connectivity index (χ2n) is 5.39. The zero-order valence-electron chi connectivity index (χ0n) is 14.1. The van der Waals surface area contributed by atoms with E-state index in [9.17, 15) is 4.79 Å². The van der Waals surface area contributed by atoms with Gasteiger partial charge in [0.05, 0.1) is 7.11 Å². The number of carbonyl (C=O) groups excluding carboxylic acids is 1. The van der Waals surface area contributed by atoms with Crippen LogP contribution in [0.1, 0.15) is 22.5 Å². The van der Waals surface area contributed by atoms with Crippen LogP contribution in [0.4, 0.5) is 0 Å². The van der Waals surface area contributed by atoms with Crippen LogP contribution in [0, 0.1) is 6.92 Å². The Labute approximate surface area is 136 Å². The number of carbonyl (C=O) groups is 1. The molecule has 0 atom stereocenters. The first-order chi connectivity index (χ1) is 11.1. The monoisotopic (exact) mass is 317 g/mol. The Morgan fingerprint density at radius 2 is 2.09 bits per heavy atom. The summed E-state index contributed by atoms with van der Waals surface area (Å²) in [6.45, 7) is 3.27. The summed E-state index contributed by atoms with van der Waals surface area (Å²) in [6.07, 6.45) is 2.57. The number of benzene rings is 1. The average Bonchev–Trinajstić information content (AvgIpc) is 3.04. The number of methoxy groups -OCH3 is 2. The molecule has 1 amide bonds. The van der Waals surface area contributed by atoms with E-state index in [2.05, 4.69) is 5.10 Å². The molecule has 0 fully saturated rings. The van der Waals surface area contributed by atoms with E-state index in [0.29, 0.717) is 24.6 Å². The molecule has 0 saturated carbocycles. The van der Waals surface area contributed by atoms with Gasteiger partial charge in [-0.15, -0.1) is 0 Å². The Kier molecular flexibility index (Phi) is 5.76. The lowest BCUT2D eigenvalue weighted by Gasteiger charge is -2.15. The molecule has 0 unspecified atom stereocenters. The SMILES string of the molecule is COCCCN(C)C(=O)c1ccn(-c2cc(C)ccc2OC)n1. The summed E-state index contributed by atoms with van der Waals surface area (Å²) in [5, 5.41) is 4.39. The smallest absolute Gasteiger partial charge is 0.274 e. The summed E-state index contributed by atoms with van der Waals surface area (Å²) in [7, 11) is 5.04. The average molecular weight is 317 g/mol. The van der Waals surface area contributed by atoms with Crippen molar-refractivity contribution in [2.24, 2.45) is 0 Å². The van der Waals surface area contributed by atoms with Crippen molar-refractivity contribution < 1.29 is 14.3 Å². The fourth-order valence-corrected chi connectivity index (χ4v) is 2.29. The van der Waals surface area contributed by atoms with Gasteiger partial charge in [-0.2, -0.15) is 5.10 Å². The van der Waals surface area contributed by atoms with Gasteiger partial charge in [0.15, 0.2) is 5.69 Å². The van der Waals surface area contributed by atoms with Crippen LogP contribution in [0.2, 0.25) is 0 Å². The van der Waals surface area contributed by atoms with Crippen molar-refractivity contribution >= 4 is 5.91 Å². The number of aromatic nitrogens is 2. The first-order valence-electron chi connectivity index (χ1n) is 7.52. The molecule has 0 N–H and O–H groups in total. The Morgan fingerprint density at radius 3 is 2.78 bits per heavy atom. The van der Waals surface area contributed by atoms with E-state index in [-0.39, 0.29) is 5.91 Å². The van der Waals surface area contributed by atoms with Crippen LogP contribution in [-0.4, -0.2) is 55.0 Å². The molecule has 0 spiro atoms. The molecule has 1 heterocycles. The number of rotatable bonds is 7. The third kappa shape index (κ3) is 4.10. The van der Waals surface area contributed by atoms with E-state index in [1.807, 2.05) is 25.1 Å². The van der Waals surface area contributed by atoms with Crippen LogP contribution >= 0.6 is 0 Å². The lowest BCUT2D eigenvalue weighted by Crippen LogP contribution is -2.28. The van der Waals surface area contributed by atoms with Crippen LogP contribution in [0.3, 0.4) is 0 Å². The zero-order chi connectivity index (χ0) is 16.8. The largest absolute Gasteiger partial charge is 0.494 e. The van der Waals surface area contributed by atoms with Crippen LogP contribution in [0.15, 0.2) is 30.5 Å². The molecule has 6 heteroatoms. The Balaban J connectivity index is 2.17. The van der Waals surface area contributed by atoms with Crippen LogP contribution in [-0.2, 0) is 4.74 Å². The van der Waals surface area contributed by atoms with E-state index in [1.165, 1.54) is 0 Å². The minimum atomic E-state index is -0.105. The number of aryl methyl sites for hydroxylation is 1. The van der Waals surface area contributed by atoms with E-state index in [1.54, 1.807) is 43.1 Å². The molecule has 23 heavy (non-hydrogen) atoms. The second kappa shape index (κ2) is 7.78. The van der Waals surface area contributed by atoms with Crippen molar-refractivity contribution in [3.8, 4) is 11.4 Å². The highest BCUT2D eigenvalue weighted by Gasteiger charge is 2.16. The first kappa shape index (κ1) is 17.0. The third-order valence-corrected chi connectivity index (χ3v) is 3.58. The van der Waals surface area contributed by atoms with Crippen molar-refractivity contribution in [1.29, 1.82) is 0 Å². The van der Waals surface area contributed by atoms with Crippen LogP contribution < -0.4 is 4.74 Å². The highest BCUT2D eigenvalue weighted by atomic mass is 16.5. The summed E-state index contributed by atoms with van der Waals surface area (Å²) in [6, 6.07) is 7.56. The number of hydrogen-bond acceptors (Lipinski definition) is 4. The fourth-order valence-electron chi connectivity index (χ4n) is 2.29. The molecule has 1 aromatic heterocycles. The van der Waals surface area contributed by atoms with Crippen molar-refractivity contribution in [3.63, 3.8) is 0 Å². The van der Waals surface area contributed by atoms with Gasteiger partial charge in [-0.05, 0) is 37.1 Å². The summed E-state index contributed by atoms with van der Waals surface area (Å²) < 4.78 is 12.0. The molecular weight excluding hydrogens is 294 g/mol. The molecule has 6 nitrogen and oxygen atoms in total. The molecule has 0 aliphatic rings. The molecule has 124 valence electrons. The van der Waals surface area contributed by atoms with Gasteiger partial charge < -0.3 is 14.4 Å². The lowest BCUT2D eigenvalue weighted by molar-refractivity contribution is 0.0773. The molecule has 2 aromatic rings. The quantitative estimate of drug-likeness (QED) is 0.735. The lowest BCUT2D eigenvalue weighted by atomic mass is 10.2. The minimum absolute atomic E-state index is 0.105. The van der Waals surface area contributed by atoms with Crippen molar-refractivity contribution in [3.05, 3.63) is 41.7 Å². The molecule has 0 saturated heterocycles. The Morgan fingerprint density at radius 1 is 1.30 bits per heavy atom. The number of hydrogen-bond donors (Lipinski definition) is 0. The molecule has 0 aliphatic heterocycles. The predicted octanol–water partition coefficient (Wildman–Crippen LogP) is 2.30. The molecule has 0 bridgehead atoms. The predicted molar refractivity (Wildman–Crippen MR) is 88.3 cm³/mol. The second-order valence-corrected chi connectivity index (χ2v) is 5.39. The maximum absolute atomic E-state index is 12.4. The van der Waals surface area contributed by atoms with E-state index in [0.717, 1.165) is 17.7 Å². The van der Waals surface area contributed by atoms with Gasteiger partial charge in [0, 0.05) is 33.5 Å². The fraction of sp³-hybridized carbons (Fsp3) is 0.412. The van der Waals surface area contributed by atoms with Gasteiger partial charge in [0.25, 0.3) is 5.91 Å². The first-order valence-corrected chi connectivity index (χ1v) is 7.52. The van der Waals surface area contributed by atoms with Crippen molar-refractivity contribution in [2.45, 2.75) is 13.3 Å². The molecule has 0 aliphatic carbocycles. The molecule has 2 rings (SSSR count). The van der Waals surface area contributed by atoms with Gasteiger partial charge in [-0.1, -0.05) is 6.07 Å². The van der Waals surface area contributed by atoms with Crippen LogP contribution in [0.25, 0.3) is 5.69 Å². The minimum Gasteiger partial charge on any atom is -0.494 e. The summed E-state index contributed by atoms with van der Waals surface area (Å²) >= 11 is 0. The standard InChI is InChI=1S/C17H23N3O3/c1-13-6-7-16(23-4)15(12-13)20-10-8-14(18-20)17(21)19(2)9-5-11-22-3/h6-8,10,12H,5,9,11H2,1-4H3. The topological polar surface area (TPSA) is 56.6 Å². The Bertz CT molecular complexity index is 667. The highest BCUT2D eigenvalue weighted by molar-refractivity contribution is 5.92. The van der Waals surface area contributed by atoms with Gasteiger partial charge in [0.1, 0.15) is 11.4 Å². The maximum atomic E-state index is 12.4. The van der Waals surface area contributed by atoms with Crippen molar-refractivity contribution in [2.75, 3.05) is 34.4 Å². The molecular formula is C17H23N3O3. The van der Waals surface area contributed by atoms with E-state index < -0.39 is 0 Å². The highest BCUT2D eigenvalue weighted by Crippen LogP contribution is 2.23. The molecule has 0 radical (unpaired) electrons. The number of ether oxygens (including phenoxy) is 2. The zero-order valence-corrected chi connectivity index (χ0v) is 14.1.